The number of hydrogen-bond donors (Lipinski definition) is 0. The molecular weight excluding hydrogens is 266 g/mol. The Kier molecular flexibility index (Phi) is 10.2. The molecule has 0 aromatic carbocycles. The first-order valence-corrected chi connectivity index (χ1v) is 7.74. The minimum atomic E-state index is -3.22. The van der Waals surface area contributed by atoms with Crippen LogP contribution in [0.15, 0.2) is 0 Å². The highest BCUT2D eigenvalue weighted by molar-refractivity contribution is 7.89. The summed E-state index contributed by atoms with van der Waals surface area (Å²) in [6.45, 7) is 1.79. The van der Waals surface area contributed by atoms with E-state index in [2.05, 4.69) is 0 Å². The summed E-state index contributed by atoms with van der Waals surface area (Å²) in [5, 5.41) is 0. The summed E-state index contributed by atoms with van der Waals surface area (Å²) in [4.78, 5) is 0. The van der Waals surface area contributed by atoms with Crippen LogP contribution in [0.3, 0.4) is 0 Å². The number of sulfonamides is 1. The zero-order valence-corrected chi connectivity index (χ0v) is 12.1. The van der Waals surface area contributed by atoms with E-state index in [1.54, 1.807) is 14.2 Å². The summed E-state index contributed by atoms with van der Waals surface area (Å²) in [6, 6.07) is 0. The molecule has 0 aliphatic rings. The molecule has 0 aromatic heterocycles. The summed E-state index contributed by atoms with van der Waals surface area (Å²) in [6.07, 6.45) is 1.15. The molecule has 7 heteroatoms. The summed E-state index contributed by atoms with van der Waals surface area (Å²) in [5.41, 5.74) is 0. The summed E-state index contributed by atoms with van der Waals surface area (Å²) in [7, 11) is -0.0709. The second-order valence-electron chi connectivity index (χ2n) is 3.60. The van der Waals surface area contributed by atoms with Crippen LogP contribution in [-0.4, -0.2) is 64.9 Å². The Labute approximate surface area is 109 Å². The summed E-state index contributed by atoms with van der Waals surface area (Å²) in [5.74, 6) is 0.447. The minimum absolute atomic E-state index is 0.0905. The Balaban J connectivity index is 4.31. The van der Waals surface area contributed by atoms with Gasteiger partial charge >= 0.3 is 0 Å². The van der Waals surface area contributed by atoms with E-state index < -0.39 is 10.0 Å². The van der Waals surface area contributed by atoms with Crippen LogP contribution in [0.25, 0.3) is 0 Å². The minimum Gasteiger partial charge on any atom is -0.385 e. The van der Waals surface area contributed by atoms with Crippen LogP contribution in [0.4, 0.5) is 0 Å². The molecule has 0 saturated carbocycles. The van der Waals surface area contributed by atoms with Gasteiger partial charge in [0.05, 0.1) is 12.4 Å². The van der Waals surface area contributed by atoms with E-state index in [1.165, 1.54) is 4.31 Å². The SMILES string of the molecule is COCCCN(CCOC)S(=O)(=O)CCCCl. The summed E-state index contributed by atoms with van der Waals surface area (Å²) < 4.78 is 35.2. The average Bonchev–Trinajstić information content (AvgIpc) is 2.31. The molecule has 0 rings (SSSR count). The third-order valence-electron chi connectivity index (χ3n) is 2.23. The highest BCUT2D eigenvalue weighted by Crippen LogP contribution is 2.05. The summed E-state index contributed by atoms with van der Waals surface area (Å²) >= 11 is 5.52. The van der Waals surface area contributed by atoms with E-state index in [9.17, 15) is 8.42 Å². The van der Waals surface area contributed by atoms with Crippen molar-refractivity contribution in [2.45, 2.75) is 12.8 Å². The van der Waals surface area contributed by atoms with E-state index in [0.717, 1.165) is 0 Å². The standard InChI is InChI=1S/C10H22ClNO4S/c1-15-8-4-6-12(7-9-16-2)17(13,14)10-3-5-11/h3-10H2,1-2H3. The Morgan fingerprint density at radius 2 is 1.71 bits per heavy atom. The molecule has 0 heterocycles. The van der Waals surface area contributed by atoms with Gasteiger partial charge in [-0.25, -0.2) is 8.42 Å². The van der Waals surface area contributed by atoms with Crippen LogP contribution >= 0.6 is 11.6 Å². The number of hydrogen-bond acceptors (Lipinski definition) is 4. The van der Waals surface area contributed by atoms with Gasteiger partial charge in [0.1, 0.15) is 0 Å². The van der Waals surface area contributed by atoms with Crippen molar-refractivity contribution >= 4 is 21.6 Å². The number of methoxy groups -OCH3 is 2. The molecule has 0 radical (unpaired) electrons. The Bertz CT molecular complexity index is 271. The maximum atomic E-state index is 12.0. The van der Waals surface area contributed by atoms with Gasteiger partial charge in [-0.1, -0.05) is 0 Å². The van der Waals surface area contributed by atoms with Crippen molar-refractivity contribution in [3.63, 3.8) is 0 Å². The van der Waals surface area contributed by atoms with E-state index >= 15 is 0 Å². The molecule has 0 amide bonds. The van der Waals surface area contributed by atoms with Crippen LogP contribution in [-0.2, 0) is 19.5 Å². The number of ether oxygens (including phenoxy) is 2. The van der Waals surface area contributed by atoms with Crippen molar-refractivity contribution in [2.24, 2.45) is 0 Å². The van der Waals surface area contributed by atoms with Crippen LogP contribution in [0, 0.1) is 0 Å². The molecule has 0 saturated heterocycles. The van der Waals surface area contributed by atoms with Gasteiger partial charge in [-0.15, -0.1) is 11.6 Å². The van der Waals surface area contributed by atoms with Crippen molar-refractivity contribution < 1.29 is 17.9 Å². The van der Waals surface area contributed by atoms with Crippen LogP contribution in [0.5, 0.6) is 0 Å². The van der Waals surface area contributed by atoms with Gasteiger partial charge in [-0.05, 0) is 12.8 Å². The molecule has 17 heavy (non-hydrogen) atoms. The smallest absolute Gasteiger partial charge is 0.214 e. The van der Waals surface area contributed by atoms with Crippen molar-refractivity contribution in [1.29, 1.82) is 0 Å². The predicted octanol–water partition coefficient (Wildman–Crippen LogP) is 0.930. The molecule has 0 aliphatic carbocycles. The molecule has 104 valence electrons. The molecule has 0 N–H and O–H groups in total. The zero-order chi connectivity index (χ0) is 13.1. The third-order valence-corrected chi connectivity index (χ3v) is 4.45. The number of rotatable bonds is 11. The van der Waals surface area contributed by atoms with E-state index in [4.69, 9.17) is 21.1 Å². The lowest BCUT2D eigenvalue weighted by Gasteiger charge is -2.21. The first-order chi connectivity index (χ1) is 8.08. The topological polar surface area (TPSA) is 55.8 Å². The largest absolute Gasteiger partial charge is 0.385 e. The van der Waals surface area contributed by atoms with Gasteiger partial charge in [0.15, 0.2) is 0 Å². The first kappa shape index (κ1) is 17.1. The van der Waals surface area contributed by atoms with E-state index in [-0.39, 0.29) is 5.75 Å². The number of alkyl halides is 1. The Hall–Kier alpha value is 0.120. The fourth-order valence-electron chi connectivity index (χ4n) is 1.33. The van der Waals surface area contributed by atoms with E-state index in [1.807, 2.05) is 0 Å². The van der Waals surface area contributed by atoms with Gasteiger partial charge in [-0.2, -0.15) is 4.31 Å². The first-order valence-electron chi connectivity index (χ1n) is 5.60. The Morgan fingerprint density at radius 3 is 2.24 bits per heavy atom. The molecule has 0 unspecified atom stereocenters. The molecule has 5 nitrogen and oxygen atoms in total. The van der Waals surface area contributed by atoms with Crippen LogP contribution in [0.1, 0.15) is 12.8 Å². The lowest BCUT2D eigenvalue weighted by Crippen LogP contribution is -2.37. The van der Waals surface area contributed by atoms with Gasteiger partial charge in [0.2, 0.25) is 10.0 Å². The normalized spacial score (nSPS) is 12.2. The number of nitrogens with zero attached hydrogens (tertiary/aromatic N) is 1. The fourth-order valence-corrected chi connectivity index (χ4v) is 3.15. The average molecular weight is 288 g/mol. The van der Waals surface area contributed by atoms with Gasteiger partial charge in [0, 0.05) is 39.8 Å². The van der Waals surface area contributed by atoms with Gasteiger partial charge in [0.25, 0.3) is 0 Å². The maximum absolute atomic E-state index is 12.0. The molecule has 0 bridgehead atoms. The molecule has 0 atom stereocenters. The fraction of sp³-hybridized carbons (Fsp3) is 1.00. The second kappa shape index (κ2) is 10.1. The van der Waals surface area contributed by atoms with Crippen molar-refractivity contribution in [3.05, 3.63) is 0 Å². The van der Waals surface area contributed by atoms with Crippen molar-refractivity contribution in [3.8, 4) is 0 Å². The predicted molar refractivity (Wildman–Crippen MR) is 69.1 cm³/mol. The van der Waals surface area contributed by atoms with Gasteiger partial charge in [-0.3, -0.25) is 0 Å². The third kappa shape index (κ3) is 7.94. The molecule has 0 fully saturated rings. The highest BCUT2D eigenvalue weighted by atomic mass is 35.5. The molecule has 0 aromatic rings. The molecular formula is C10H22ClNO4S. The van der Waals surface area contributed by atoms with Crippen LogP contribution < -0.4 is 0 Å². The van der Waals surface area contributed by atoms with Crippen molar-refractivity contribution in [2.75, 3.05) is 52.2 Å². The van der Waals surface area contributed by atoms with E-state index in [0.29, 0.717) is 45.0 Å². The molecule has 0 spiro atoms. The highest BCUT2D eigenvalue weighted by Gasteiger charge is 2.20. The second-order valence-corrected chi connectivity index (χ2v) is 6.06. The van der Waals surface area contributed by atoms with Gasteiger partial charge < -0.3 is 9.47 Å². The quantitative estimate of drug-likeness (QED) is 0.419. The maximum Gasteiger partial charge on any atom is 0.214 e. The zero-order valence-electron chi connectivity index (χ0n) is 10.5. The van der Waals surface area contributed by atoms with Crippen LogP contribution in [0.2, 0.25) is 0 Å². The lowest BCUT2D eigenvalue weighted by molar-refractivity contribution is 0.164. The molecule has 0 aliphatic heterocycles. The van der Waals surface area contributed by atoms with Crippen molar-refractivity contribution in [1.82, 2.24) is 4.31 Å². The monoisotopic (exact) mass is 287 g/mol. The number of halogens is 1. The lowest BCUT2D eigenvalue weighted by atomic mass is 10.4. The Morgan fingerprint density at radius 1 is 1.06 bits per heavy atom.